The van der Waals surface area contributed by atoms with Gasteiger partial charge in [-0.2, -0.15) is 5.10 Å². The highest BCUT2D eigenvalue weighted by Gasteiger charge is 2.27. The van der Waals surface area contributed by atoms with Crippen LogP contribution in [0.15, 0.2) is 60.8 Å². The highest BCUT2D eigenvalue weighted by Crippen LogP contribution is 2.30. The van der Waals surface area contributed by atoms with Gasteiger partial charge in [-0.1, -0.05) is 26.0 Å². The van der Waals surface area contributed by atoms with E-state index in [4.69, 9.17) is 0 Å². The standard InChI is InChI=1S/C33H33F3N6O3/c1-18(2)29-16-28(33(45)39-23-7-8-23)41-42(29)17-30(43)40-27(13-19-11-21(34)15-22(35)12-19)31-24(5-4-10-38-31)20-6-9-26(36)25(14-20)32(44)37-3/h4-6,9-12,14-16,18,23,27H,7-8,13,17H2,1-3H3,(H,37,44)(H,39,45)(H,40,43)/t27-/m0/s1. The first-order valence-electron chi connectivity index (χ1n) is 14.6. The van der Waals surface area contributed by atoms with E-state index < -0.39 is 35.3 Å². The predicted octanol–water partition coefficient (Wildman–Crippen LogP) is 4.84. The van der Waals surface area contributed by atoms with Gasteiger partial charge in [-0.3, -0.25) is 24.0 Å². The Morgan fingerprint density at radius 1 is 0.978 bits per heavy atom. The van der Waals surface area contributed by atoms with E-state index in [1.165, 1.54) is 42.2 Å². The van der Waals surface area contributed by atoms with Crippen molar-refractivity contribution in [3.63, 3.8) is 0 Å². The molecule has 2 heterocycles. The van der Waals surface area contributed by atoms with Gasteiger partial charge >= 0.3 is 0 Å². The zero-order valence-electron chi connectivity index (χ0n) is 25.0. The summed E-state index contributed by atoms with van der Waals surface area (Å²) in [6.45, 7) is 3.61. The maximum absolute atomic E-state index is 14.5. The molecule has 0 spiro atoms. The Morgan fingerprint density at radius 3 is 2.38 bits per heavy atom. The second kappa shape index (κ2) is 13.3. The van der Waals surface area contributed by atoms with Crippen LogP contribution < -0.4 is 16.0 Å². The number of pyridine rings is 1. The van der Waals surface area contributed by atoms with Crippen LogP contribution in [0.5, 0.6) is 0 Å². The van der Waals surface area contributed by atoms with E-state index in [0.29, 0.717) is 22.5 Å². The Hall–Kier alpha value is -5.00. The number of nitrogens with one attached hydrogen (secondary N) is 3. The molecular weight excluding hydrogens is 585 g/mol. The van der Waals surface area contributed by atoms with E-state index in [2.05, 4.69) is 26.0 Å². The van der Waals surface area contributed by atoms with Crippen LogP contribution in [0, 0.1) is 17.5 Å². The van der Waals surface area contributed by atoms with Crippen LogP contribution in [-0.2, 0) is 17.8 Å². The molecule has 2 aromatic carbocycles. The Bertz CT molecular complexity index is 1730. The summed E-state index contributed by atoms with van der Waals surface area (Å²) in [4.78, 5) is 43.1. The number of carbonyl (C=O) groups is 3. The molecule has 234 valence electrons. The van der Waals surface area contributed by atoms with Gasteiger partial charge in [-0.05, 0) is 72.7 Å². The van der Waals surface area contributed by atoms with Gasteiger partial charge in [0.25, 0.3) is 11.8 Å². The lowest BCUT2D eigenvalue weighted by Crippen LogP contribution is -2.34. The maximum atomic E-state index is 14.5. The van der Waals surface area contributed by atoms with E-state index in [1.807, 2.05) is 13.8 Å². The van der Waals surface area contributed by atoms with Gasteiger partial charge in [0.15, 0.2) is 0 Å². The topological polar surface area (TPSA) is 118 Å². The van der Waals surface area contributed by atoms with Gasteiger partial charge < -0.3 is 16.0 Å². The van der Waals surface area contributed by atoms with E-state index in [1.54, 1.807) is 18.2 Å². The van der Waals surface area contributed by atoms with Gasteiger partial charge in [-0.25, -0.2) is 13.2 Å². The highest BCUT2D eigenvalue weighted by molar-refractivity contribution is 5.95. The molecule has 1 aliphatic carbocycles. The summed E-state index contributed by atoms with van der Waals surface area (Å²) >= 11 is 0. The summed E-state index contributed by atoms with van der Waals surface area (Å²) in [7, 11) is 1.39. The minimum absolute atomic E-state index is 0.0425. The first-order chi connectivity index (χ1) is 21.5. The fourth-order valence-corrected chi connectivity index (χ4v) is 5.12. The SMILES string of the molecule is CNC(=O)c1cc(-c2cccnc2[C@H](Cc2cc(F)cc(F)c2)NC(=O)Cn2nc(C(=O)NC3CC3)cc2C(C)C)ccc1F. The second-order valence-electron chi connectivity index (χ2n) is 11.3. The fraction of sp³-hybridized carbons (Fsp3) is 0.303. The normalized spacial score (nSPS) is 13.4. The van der Waals surface area contributed by atoms with Crippen LogP contribution in [0.25, 0.3) is 11.1 Å². The van der Waals surface area contributed by atoms with E-state index in [-0.39, 0.29) is 47.7 Å². The molecule has 1 saturated carbocycles. The van der Waals surface area contributed by atoms with Gasteiger partial charge in [0.2, 0.25) is 5.91 Å². The zero-order chi connectivity index (χ0) is 32.2. The van der Waals surface area contributed by atoms with Crippen molar-refractivity contribution in [1.29, 1.82) is 0 Å². The maximum Gasteiger partial charge on any atom is 0.272 e. The molecule has 9 nitrogen and oxygen atoms in total. The van der Waals surface area contributed by atoms with Crippen molar-refractivity contribution in [3.05, 3.63) is 106 Å². The third-order valence-electron chi connectivity index (χ3n) is 7.46. The molecule has 0 bridgehead atoms. The minimum Gasteiger partial charge on any atom is -0.355 e. The van der Waals surface area contributed by atoms with Crippen molar-refractivity contribution < 1.29 is 27.6 Å². The van der Waals surface area contributed by atoms with Gasteiger partial charge in [0, 0.05) is 36.6 Å². The number of nitrogens with zero attached hydrogens (tertiary/aromatic N) is 3. The summed E-state index contributed by atoms with van der Waals surface area (Å²) in [6.07, 6.45) is 3.30. The van der Waals surface area contributed by atoms with Crippen molar-refractivity contribution in [3.8, 4) is 11.1 Å². The average molecular weight is 619 g/mol. The molecule has 0 radical (unpaired) electrons. The smallest absolute Gasteiger partial charge is 0.272 e. The van der Waals surface area contributed by atoms with E-state index in [0.717, 1.165) is 25.0 Å². The average Bonchev–Trinajstić information content (AvgIpc) is 3.71. The number of carbonyl (C=O) groups excluding carboxylic acids is 3. The fourth-order valence-electron chi connectivity index (χ4n) is 5.12. The monoisotopic (exact) mass is 618 g/mol. The molecular formula is C33H33F3N6O3. The molecule has 0 aliphatic heterocycles. The molecule has 3 N–H and O–H groups in total. The first-order valence-corrected chi connectivity index (χ1v) is 14.6. The molecule has 0 saturated heterocycles. The molecule has 1 aliphatic rings. The molecule has 1 atom stereocenters. The van der Waals surface area contributed by atoms with Gasteiger partial charge in [-0.15, -0.1) is 0 Å². The van der Waals surface area contributed by atoms with E-state index in [9.17, 15) is 27.6 Å². The van der Waals surface area contributed by atoms with Crippen molar-refractivity contribution in [2.45, 2.75) is 57.7 Å². The molecule has 1 fully saturated rings. The molecule has 2 aromatic heterocycles. The third-order valence-corrected chi connectivity index (χ3v) is 7.46. The molecule has 4 aromatic rings. The predicted molar refractivity (Wildman–Crippen MR) is 161 cm³/mol. The minimum atomic E-state index is -0.904. The van der Waals surface area contributed by atoms with Crippen LogP contribution in [0.2, 0.25) is 0 Å². The summed E-state index contributed by atoms with van der Waals surface area (Å²) in [5.41, 5.74) is 2.23. The Balaban J connectivity index is 1.49. The Kier molecular flexibility index (Phi) is 9.31. The number of aromatic nitrogens is 3. The second-order valence-corrected chi connectivity index (χ2v) is 11.3. The first kappa shape index (κ1) is 31.4. The quantitative estimate of drug-likeness (QED) is 0.223. The molecule has 0 unspecified atom stereocenters. The number of halogens is 3. The van der Waals surface area contributed by atoms with Crippen molar-refractivity contribution >= 4 is 17.7 Å². The van der Waals surface area contributed by atoms with Crippen LogP contribution in [0.1, 0.15) is 76.4 Å². The van der Waals surface area contributed by atoms with Crippen LogP contribution in [-0.4, -0.2) is 45.6 Å². The van der Waals surface area contributed by atoms with Gasteiger partial charge in [0.05, 0.1) is 17.3 Å². The third kappa shape index (κ3) is 7.57. The molecule has 3 amide bonds. The van der Waals surface area contributed by atoms with Crippen molar-refractivity contribution in [2.24, 2.45) is 0 Å². The summed E-state index contributed by atoms with van der Waals surface area (Å²) < 4.78 is 44.3. The lowest BCUT2D eigenvalue weighted by Gasteiger charge is -2.22. The van der Waals surface area contributed by atoms with Crippen LogP contribution in [0.3, 0.4) is 0 Å². The summed E-state index contributed by atoms with van der Waals surface area (Å²) in [6, 6.07) is 11.4. The lowest BCUT2D eigenvalue weighted by molar-refractivity contribution is -0.122. The highest BCUT2D eigenvalue weighted by atomic mass is 19.1. The van der Waals surface area contributed by atoms with Gasteiger partial charge in [0.1, 0.15) is 29.7 Å². The Morgan fingerprint density at radius 2 is 1.71 bits per heavy atom. The number of benzene rings is 2. The molecule has 12 heteroatoms. The van der Waals surface area contributed by atoms with Crippen LogP contribution >= 0.6 is 0 Å². The number of hydrogen-bond acceptors (Lipinski definition) is 5. The molecule has 5 rings (SSSR count). The number of amides is 3. The Labute approximate surface area is 258 Å². The van der Waals surface area contributed by atoms with Crippen LogP contribution in [0.4, 0.5) is 13.2 Å². The van der Waals surface area contributed by atoms with Crippen molar-refractivity contribution in [2.75, 3.05) is 7.05 Å². The van der Waals surface area contributed by atoms with E-state index >= 15 is 0 Å². The zero-order valence-corrected chi connectivity index (χ0v) is 25.0. The summed E-state index contributed by atoms with van der Waals surface area (Å²) in [5.74, 6) is -3.73. The summed E-state index contributed by atoms with van der Waals surface area (Å²) in [5, 5.41) is 12.6. The van der Waals surface area contributed by atoms with Crippen molar-refractivity contribution in [1.82, 2.24) is 30.7 Å². The number of rotatable bonds is 11. The lowest BCUT2D eigenvalue weighted by atomic mass is 9.94. The number of hydrogen-bond donors (Lipinski definition) is 3. The largest absolute Gasteiger partial charge is 0.355 e. The molecule has 45 heavy (non-hydrogen) atoms.